The summed E-state index contributed by atoms with van der Waals surface area (Å²) in [5.74, 6) is -0.0674. The van der Waals surface area contributed by atoms with Crippen LogP contribution in [0, 0.1) is 5.92 Å². The number of nitrogens with zero attached hydrogens (tertiary/aromatic N) is 1. The number of likely N-dealkylation sites (tertiary alicyclic amines) is 1. The molecule has 2 aliphatic rings. The van der Waals surface area contributed by atoms with Gasteiger partial charge in [-0.25, -0.2) is 0 Å². The van der Waals surface area contributed by atoms with Crippen LogP contribution < -0.4 is 5.32 Å². The van der Waals surface area contributed by atoms with Gasteiger partial charge in [0.1, 0.15) is 12.5 Å². The molecule has 1 saturated heterocycles. The molecular formula is C10H14N2O3. The summed E-state index contributed by atoms with van der Waals surface area (Å²) in [4.78, 5) is 11.8. The Hall–Kier alpha value is -1.17. The predicted molar refractivity (Wildman–Crippen MR) is 53.2 cm³/mol. The molecule has 0 bridgehead atoms. The van der Waals surface area contributed by atoms with Crippen molar-refractivity contribution in [1.82, 2.24) is 10.2 Å². The lowest BCUT2D eigenvalue weighted by atomic mass is 9.91. The first-order valence-corrected chi connectivity index (χ1v) is 4.85. The molecule has 0 saturated carbocycles. The number of nitrogens with one attached hydrogen (secondary N) is 1. The molecule has 1 heterocycles. The van der Waals surface area contributed by atoms with Crippen molar-refractivity contribution < 1.29 is 15.0 Å². The number of aliphatic hydroxyl groups excluding tert-OH is 2. The molecule has 1 aliphatic carbocycles. The molecular weight excluding hydrogens is 196 g/mol. The SMILES string of the molecule is CN1C(O)C2=CC(NC=O)=CCC2C1O. The molecule has 1 amide bonds. The van der Waals surface area contributed by atoms with Gasteiger partial charge in [0.25, 0.3) is 0 Å². The van der Waals surface area contributed by atoms with E-state index in [9.17, 15) is 15.0 Å². The second-order valence-electron chi connectivity index (χ2n) is 3.86. The topological polar surface area (TPSA) is 72.8 Å². The van der Waals surface area contributed by atoms with Crippen LogP contribution in [0.15, 0.2) is 23.4 Å². The van der Waals surface area contributed by atoms with E-state index in [4.69, 9.17) is 0 Å². The van der Waals surface area contributed by atoms with Gasteiger partial charge in [-0.05, 0) is 25.1 Å². The summed E-state index contributed by atoms with van der Waals surface area (Å²) in [7, 11) is 1.67. The van der Waals surface area contributed by atoms with Crippen molar-refractivity contribution in [3.05, 3.63) is 23.4 Å². The second-order valence-corrected chi connectivity index (χ2v) is 3.86. The third kappa shape index (κ3) is 1.58. The highest BCUT2D eigenvalue weighted by molar-refractivity contribution is 5.53. The Labute approximate surface area is 87.7 Å². The number of likely N-dealkylation sites (N-methyl/N-ethyl adjacent to an activating group) is 1. The fourth-order valence-electron chi connectivity index (χ4n) is 2.13. The van der Waals surface area contributed by atoms with Gasteiger partial charge in [-0.1, -0.05) is 6.08 Å². The van der Waals surface area contributed by atoms with Crippen LogP contribution in [0.5, 0.6) is 0 Å². The molecule has 0 aromatic heterocycles. The molecule has 3 atom stereocenters. The van der Waals surface area contributed by atoms with Crippen molar-refractivity contribution in [2.75, 3.05) is 7.05 Å². The average Bonchev–Trinajstić information content (AvgIpc) is 2.45. The molecule has 0 aromatic rings. The minimum atomic E-state index is -0.762. The number of hydrogen-bond donors (Lipinski definition) is 3. The van der Waals surface area contributed by atoms with E-state index in [1.807, 2.05) is 6.08 Å². The van der Waals surface area contributed by atoms with Gasteiger partial charge in [-0.3, -0.25) is 9.69 Å². The molecule has 3 unspecified atom stereocenters. The van der Waals surface area contributed by atoms with Gasteiger partial charge in [-0.2, -0.15) is 0 Å². The first kappa shape index (κ1) is 10.4. The molecule has 1 aliphatic heterocycles. The Balaban J connectivity index is 2.24. The Morgan fingerprint density at radius 3 is 3.00 bits per heavy atom. The van der Waals surface area contributed by atoms with Gasteiger partial charge in [-0.15, -0.1) is 0 Å². The molecule has 0 spiro atoms. The molecule has 5 heteroatoms. The van der Waals surface area contributed by atoms with Crippen LogP contribution in [0.3, 0.4) is 0 Å². The summed E-state index contributed by atoms with van der Waals surface area (Å²) in [6.45, 7) is 0. The fourth-order valence-corrected chi connectivity index (χ4v) is 2.13. The number of aliphatic hydroxyl groups is 2. The number of hydrogen-bond acceptors (Lipinski definition) is 4. The third-order valence-corrected chi connectivity index (χ3v) is 3.03. The van der Waals surface area contributed by atoms with Gasteiger partial charge >= 0.3 is 0 Å². The summed E-state index contributed by atoms with van der Waals surface area (Å²) in [6.07, 6.45) is 3.38. The zero-order chi connectivity index (χ0) is 11.0. The van der Waals surface area contributed by atoms with Crippen molar-refractivity contribution in [2.24, 2.45) is 5.92 Å². The monoisotopic (exact) mass is 210 g/mol. The largest absolute Gasteiger partial charge is 0.378 e. The first-order chi connectivity index (χ1) is 7.15. The van der Waals surface area contributed by atoms with Crippen LogP contribution in [0.4, 0.5) is 0 Å². The fraction of sp³-hybridized carbons (Fsp3) is 0.500. The lowest BCUT2D eigenvalue weighted by molar-refractivity contribution is -0.108. The number of allylic oxidation sites excluding steroid dienone is 2. The maximum atomic E-state index is 10.3. The summed E-state index contributed by atoms with van der Waals surface area (Å²) in [5.41, 5.74) is 1.44. The van der Waals surface area contributed by atoms with Crippen molar-refractivity contribution in [3.8, 4) is 0 Å². The quantitative estimate of drug-likeness (QED) is 0.519. The maximum Gasteiger partial charge on any atom is 0.211 e. The van der Waals surface area contributed by atoms with E-state index in [1.54, 1.807) is 13.1 Å². The molecule has 0 radical (unpaired) electrons. The molecule has 82 valence electrons. The Bertz CT molecular complexity index is 338. The summed E-state index contributed by atoms with van der Waals surface area (Å²) in [5, 5.41) is 22.1. The number of carbonyl (C=O) groups is 1. The van der Waals surface area contributed by atoms with Crippen LogP contribution in [0.1, 0.15) is 6.42 Å². The number of amides is 1. The third-order valence-electron chi connectivity index (χ3n) is 3.03. The molecule has 1 fully saturated rings. The lowest BCUT2D eigenvalue weighted by Crippen LogP contribution is -2.33. The van der Waals surface area contributed by atoms with E-state index in [2.05, 4.69) is 5.32 Å². The maximum absolute atomic E-state index is 10.3. The van der Waals surface area contributed by atoms with E-state index in [1.165, 1.54) is 4.90 Å². The lowest BCUT2D eigenvalue weighted by Gasteiger charge is -2.19. The zero-order valence-corrected chi connectivity index (χ0v) is 8.42. The first-order valence-electron chi connectivity index (χ1n) is 4.85. The summed E-state index contributed by atoms with van der Waals surface area (Å²) in [6, 6.07) is 0. The summed E-state index contributed by atoms with van der Waals surface area (Å²) < 4.78 is 0. The normalized spacial score (nSPS) is 35.5. The minimum Gasteiger partial charge on any atom is -0.378 e. The van der Waals surface area contributed by atoms with Crippen LogP contribution in [-0.4, -0.2) is 41.0 Å². The average molecular weight is 210 g/mol. The molecule has 3 N–H and O–H groups in total. The number of rotatable bonds is 2. The number of carbonyl (C=O) groups excluding carboxylic acids is 1. The van der Waals surface area contributed by atoms with E-state index in [0.29, 0.717) is 18.5 Å². The Kier molecular flexibility index (Phi) is 2.60. The zero-order valence-electron chi connectivity index (χ0n) is 8.42. The van der Waals surface area contributed by atoms with Crippen LogP contribution >= 0.6 is 0 Å². The molecule has 15 heavy (non-hydrogen) atoms. The van der Waals surface area contributed by atoms with Crippen molar-refractivity contribution >= 4 is 6.41 Å². The van der Waals surface area contributed by atoms with Gasteiger partial charge < -0.3 is 15.5 Å². The van der Waals surface area contributed by atoms with Crippen LogP contribution in [0.2, 0.25) is 0 Å². The van der Waals surface area contributed by atoms with Gasteiger partial charge in [0.2, 0.25) is 6.41 Å². The molecule has 5 nitrogen and oxygen atoms in total. The van der Waals surface area contributed by atoms with Crippen molar-refractivity contribution in [2.45, 2.75) is 18.9 Å². The van der Waals surface area contributed by atoms with E-state index >= 15 is 0 Å². The van der Waals surface area contributed by atoms with E-state index < -0.39 is 12.5 Å². The molecule has 0 aromatic carbocycles. The minimum absolute atomic E-state index is 0.0674. The highest BCUT2D eigenvalue weighted by Crippen LogP contribution is 2.36. The van der Waals surface area contributed by atoms with E-state index in [0.717, 1.165) is 5.57 Å². The standard InChI is InChI=1S/C10H14N2O3/c1-12-9(14)7-3-2-6(11-5-13)4-8(7)10(12)15/h2,4-5,7,9-10,14-15H,3H2,1H3,(H,11,13). The van der Waals surface area contributed by atoms with Crippen LogP contribution in [0.25, 0.3) is 0 Å². The Morgan fingerprint density at radius 1 is 1.60 bits per heavy atom. The van der Waals surface area contributed by atoms with Crippen molar-refractivity contribution in [1.29, 1.82) is 0 Å². The van der Waals surface area contributed by atoms with Gasteiger partial charge in [0.05, 0.1) is 0 Å². The Morgan fingerprint density at radius 2 is 2.33 bits per heavy atom. The second kappa shape index (κ2) is 3.77. The number of fused-ring (bicyclic) bond motifs is 1. The van der Waals surface area contributed by atoms with E-state index in [-0.39, 0.29) is 5.92 Å². The van der Waals surface area contributed by atoms with Gasteiger partial charge in [0, 0.05) is 11.6 Å². The highest BCUT2D eigenvalue weighted by atomic mass is 16.3. The van der Waals surface area contributed by atoms with Crippen molar-refractivity contribution in [3.63, 3.8) is 0 Å². The highest BCUT2D eigenvalue weighted by Gasteiger charge is 2.41. The predicted octanol–water partition coefficient (Wildman–Crippen LogP) is -0.855. The van der Waals surface area contributed by atoms with Gasteiger partial charge in [0.15, 0.2) is 0 Å². The van der Waals surface area contributed by atoms with Crippen LogP contribution in [-0.2, 0) is 4.79 Å². The summed E-state index contributed by atoms with van der Waals surface area (Å²) >= 11 is 0. The smallest absolute Gasteiger partial charge is 0.211 e. The molecule has 2 rings (SSSR count).